The number of aryl methyl sites for hydroxylation is 1. The molecule has 0 unspecified atom stereocenters. The second-order valence-electron chi connectivity index (χ2n) is 6.21. The van der Waals surface area contributed by atoms with Crippen LogP contribution in [0, 0.1) is 5.82 Å². The molecule has 0 radical (unpaired) electrons. The first-order chi connectivity index (χ1) is 11.7. The first kappa shape index (κ1) is 16.7. The minimum Gasteiger partial charge on any atom is -0.311 e. The summed E-state index contributed by atoms with van der Waals surface area (Å²) in [6.45, 7) is 4.47. The molecule has 0 aromatic heterocycles. The molecule has 0 saturated heterocycles. The van der Waals surface area contributed by atoms with Crippen molar-refractivity contribution in [1.29, 1.82) is 0 Å². The number of carbonyl (C=O) groups is 1. The minimum absolute atomic E-state index is 0.111. The Labute approximate surface area is 142 Å². The SMILES string of the molecule is CCN(CC(=O)N1CCCc2ccccc21)Cc1cccc(F)c1. The lowest BCUT2D eigenvalue weighted by atomic mass is 10.0. The fourth-order valence-electron chi connectivity index (χ4n) is 3.24. The van der Waals surface area contributed by atoms with Gasteiger partial charge in [0, 0.05) is 18.8 Å². The van der Waals surface area contributed by atoms with E-state index in [4.69, 9.17) is 0 Å². The number of amides is 1. The molecule has 0 spiro atoms. The average molecular weight is 326 g/mol. The standard InChI is InChI=1S/C20H23FN2O/c1-2-22(14-16-7-5-10-18(21)13-16)15-20(24)23-12-6-9-17-8-3-4-11-19(17)23/h3-5,7-8,10-11,13H,2,6,9,12,14-15H2,1H3. The van der Waals surface area contributed by atoms with Crippen molar-refractivity contribution in [2.45, 2.75) is 26.3 Å². The molecule has 4 heteroatoms. The molecule has 0 fully saturated rings. The van der Waals surface area contributed by atoms with Gasteiger partial charge in [-0.1, -0.05) is 37.3 Å². The van der Waals surface area contributed by atoms with Gasteiger partial charge in [0.25, 0.3) is 0 Å². The molecule has 0 saturated carbocycles. The van der Waals surface area contributed by atoms with Crippen LogP contribution in [-0.2, 0) is 17.8 Å². The third kappa shape index (κ3) is 3.82. The third-order valence-corrected chi connectivity index (χ3v) is 4.51. The van der Waals surface area contributed by atoms with Crippen molar-refractivity contribution in [2.75, 3.05) is 24.5 Å². The van der Waals surface area contributed by atoms with Crippen molar-refractivity contribution < 1.29 is 9.18 Å². The molecule has 0 aliphatic carbocycles. The molecule has 126 valence electrons. The summed E-state index contributed by atoms with van der Waals surface area (Å²) in [5, 5.41) is 0. The molecule has 1 aliphatic heterocycles. The van der Waals surface area contributed by atoms with Crippen LogP contribution in [-0.4, -0.2) is 30.4 Å². The van der Waals surface area contributed by atoms with Crippen LogP contribution in [0.25, 0.3) is 0 Å². The lowest BCUT2D eigenvalue weighted by molar-refractivity contribution is -0.119. The predicted molar refractivity (Wildman–Crippen MR) is 94.5 cm³/mol. The van der Waals surface area contributed by atoms with Crippen LogP contribution in [0.3, 0.4) is 0 Å². The highest BCUT2D eigenvalue weighted by Gasteiger charge is 2.23. The van der Waals surface area contributed by atoms with Gasteiger partial charge in [-0.15, -0.1) is 0 Å². The smallest absolute Gasteiger partial charge is 0.241 e. The van der Waals surface area contributed by atoms with E-state index in [2.05, 4.69) is 6.07 Å². The highest BCUT2D eigenvalue weighted by atomic mass is 19.1. The summed E-state index contributed by atoms with van der Waals surface area (Å²) in [5.41, 5.74) is 3.17. The first-order valence-corrected chi connectivity index (χ1v) is 8.52. The van der Waals surface area contributed by atoms with Crippen molar-refractivity contribution >= 4 is 11.6 Å². The number of anilines is 1. The summed E-state index contributed by atoms with van der Waals surface area (Å²) in [7, 11) is 0. The molecule has 0 atom stereocenters. The molecule has 3 nitrogen and oxygen atoms in total. The van der Waals surface area contributed by atoms with Gasteiger partial charge >= 0.3 is 0 Å². The van der Waals surface area contributed by atoms with E-state index in [1.807, 2.05) is 41.0 Å². The van der Waals surface area contributed by atoms with E-state index in [0.29, 0.717) is 13.1 Å². The van der Waals surface area contributed by atoms with Crippen LogP contribution in [0.1, 0.15) is 24.5 Å². The summed E-state index contributed by atoms with van der Waals surface area (Å²) in [6.07, 6.45) is 2.03. The van der Waals surface area contributed by atoms with Crippen LogP contribution in [0.15, 0.2) is 48.5 Å². The number of hydrogen-bond donors (Lipinski definition) is 0. The second kappa shape index (κ2) is 7.58. The van der Waals surface area contributed by atoms with E-state index in [1.54, 1.807) is 6.07 Å². The highest BCUT2D eigenvalue weighted by Crippen LogP contribution is 2.26. The minimum atomic E-state index is -0.236. The number of hydrogen-bond acceptors (Lipinski definition) is 2. The number of likely N-dealkylation sites (N-methyl/N-ethyl adjacent to an activating group) is 1. The lowest BCUT2D eigenvalue weighted by Gasteiger charge is -2.31. The van der Waals surface area contributed by atoms with E-state index < -0.39 is 0 Å². The maximum absolute atomic E-state index is 13.3. The number of nitrogens with zero attached hydrogens (tertiary/aromatic N) is 2. The largest absolute Gasteiger partial charge is 0.311 e. The average Bonchev–Trinajstić information content (AvgIpc) is 2.60. The highest BCUT2D eigenvalue weighted by molar-refractivity contribution is 5.95. The summed E-state index contributed by atoms with van der Waals surface area (Å²) in [4.78, 5) is 16.7. The van der Waals surface area contributed by atoms with Crippen LogP contribution < -0.4 is 4.90 Å². The van der Waals surface area contributed by atoms with Crippen LogP contribution in [0.5, 0.6) is 0 Å². The molecule has 2 aromatic rings. The van der Waals surface area contributed by atoms with Crippen LogP contribution in [0.4, 0.5) is 10.1 Å². The van der Waals surface area contributed by atoms with Gasteiger partial charge in [-0.3, -0.25) is 9.69 Å². The second-order valence-corrected chi connectivity index (χ2v) is 6.21. The summed E-state index contributed by atoms with van der Waals surface area (Å²) < 4.78 is 13.3. The number of halogens is 1. The molecule has 1 aliphatic rings. The number of carbonyl (C=O) groups excluding carboxylic acids is 1. The van der Waals surface area contributed by atoms with Crippen molar-refractivity contribution in [3.63, 3.8) is 0 Å². The maximum atomic E-state index is 13.3. The van der Waals surface area contributed by atoms with E-state index in [-0.39, 0.29) is 11.7 Å². The molecule has 24 heavy (non-hydrogen) atoms. The Hall–Kier alpha value is -2.20. The monoisotopic (exact) mass is 326 g/mol. The zero-order valence-corrected chi connectivity index (χ0v) is 14.0. The van der Waals surface area contributed by atoms with E-state index in [1.165, 1.54) is 17.7 Å². The predicted octanol–water partition coefficient (Wildman–Crippen LogP) is 3.63. The van der Waals surface area contributed by atoms with Gasteiger partial charge in [-0.2, -0.15) is 0 Å². The van der Waals surface area contributed by atoms with Crippen molar-refractivity contribution in [2.24, 2.45) is 0 Å². The van der Waals surface area contributed by atoms with Gasteiger partial charge < -0.3 is 4.90 Å². The summed E-state index contributed by atoms with van der Waals surface area (Å²) in [5.74, 6) is -0.125. The zero-order valence-electron chi connectivity index (χ0n) is 14.0. The Kier molecular flexibility index (Phi) is 5.26. The van der Waals surface area contributed by atoms with Crippen LogP contribution in [0.2, 0.25) is 0 Å². The Morgan fingerprint density at radius 2 is 2.04 bits per heavy atom. The summed E-state index contributed by atoms with van der Waals surface area (Å²) in [6, 6.07) is 14.7. The molecule has 1 amide bonds. The van der Waals surface area contributed by atoms with E-state index >= 15 is 0 Å². The molecule has 0 N–H and O–H groups in total. The molecular weight excluding hydrogens is 303 g/mol. The molecule has 0 bridgehead atoms. The molecule has 1 heterocycles. The number of para-hydroxylation sites is 1. The topological polar surface area (TPSA) is 23.6 Å². The number of fused-ring (bicyclic) bond motifs is 1. The fraction of sp³-hybridized carbons (Fsp3) is 0.350. The van der Waals surface area contributed by atoms with Crippen molar-refractivity contribution in [3.05, 3.63) is 65.5 Å². The molecule has 2 aromatic carbocycles. The van der Waals surface area contributed by atoms with E-state index in [9.17, 15) is 9.18 Å². The molecule has 3 rings (SSSR count). The first-order valence-electron chi connectivity index (χ1n) is 8.52. The summed E-state index contributed by atoms with van der Waals surface area (Å²) >= 11 is 0. The normalized spacial score (nSPS) is 13.9. The van der Waals surface area contributed by atoms with Crippen molar-refractivity contribution in [1.82, 2.24) is 4.90 Å². The fourth-order valence-corrected chi connectivity index (χ4v) is 3.24. The molecular formula is C20H23FN2O. The number of rotatable bonds is 5. The van der Waals surface area contributed by atoms with Crippen LogP contribution >= 0.6 is 0 Å². The lowest BCUT2D eigenvalue weighted by Crippen LogP contribution is -2.42. The quantitative estimate of drug-likeness (QED) is 0.838. The zero-order chi connectivity index (χ0) is 16.9. The van der Waals surface area contributed by atoms with Gasteiger partial charge in [0.15, 0.2) is 0 Å². The Bertz CT molecular complexity index is 716. The number of benzene rings is 2. The van der Waals surface area contributed by atoms with Gasteiger partial charge in [-0.25, -0.2) is 4.39 Å². The Morgan fingerprint density at radius 3 is 2.83 bits per heavy atom. The van der Waals surface area contributed by atoms with Crippen molar-refractivity contribution in [3.8, 4) is 0 Å². The maximum Gasteiger partial charge on any atom is 0.241 e. The Morgan fingerprint density at radius 1 is 1.21 bits per heavy atom. The Balaban J connectivity index is 1.69. The van der Waals surface area contributed by atoms with Gasteiger partial charge in [-0.05, 0) is 48.7 Å². The third-order valence-electron chi connectivity index (χ3n) is 4.51. The van der Waals surface area contributed by atoms with Gasteiger partial charge in [0.2, 0.25) is 5.91 Å². The van der Waals surface area contributed by atoms with Gasteiger partial charge in [0.1, 0.15) is 5.82 Å². The van der Waals surface area contributed by atoms with E-state index in [0.717, 1.165) is 37.2 Å². The van der Waals surface area contributed by atoms with Gasteiger partial charge in [0.05, 0.1) is 6.54 Å².